The van der Waals surface area contributed by atoms with E-state index in [0.717, 1.165) is 22.3 Å². The molecule has 0 amide bonds. The van der Waals surface area contributed by atoms with Crippen molar-refractivity contribution in [1.29, 1.82) is 0 Å². The molecule has 0 bridgehead atoms. The quantitative estimate of drug-likeness (QED) is 0.180. The first-order chi connectivity index (χ1) is 23.6. The number of benzene rings is 4. The summed E-state index contributed by atoms with van der Waals surface area (Å²) in [4.78, 5) is 11.8. The van der Waals surface area contributed by atoms with E-state index in [1.54, 1.807) is 49.1 Å². The zero-order chi connectivity index (χ0) is 32.0. The number of nitrogens with one attached hydrogen (secondary N) is 1. The summed E-state index contributed by atoms with van der Waals surface area (Å²) in [7, 11) is -11.3. The van der Waals surface area contributed by atoms with Crippen molar-refractivity contribution in [1.82, 2.24) is 14.8 Å². The Kier molecular flexibility index (Phi) is 6.96. The topological polar surface area (TPSA) is 118 Å². The predicted molar refractivity (Wildman–Crippen MR) is 185 cm³/mol. The molecule has 3 aliphatic heterocycles. The van der Waals surface area contributed by atoms with Gasteiger partial charge in [0.15, 0.2) is 11.5 Å². The van der Waals surface area contributed by atoms with Crippen LogP contribution < -0.4 is 32.0 Å². The third-order valence-corrected chi connectivity index (χ3v) is 15.9. The molecule has 6 aromatic rings. The average molecular weight is 693 g/mol. The van der Waals surface area contributed by atoms with Crippen LogP contribution in [-0.4, -0.2) is 9.97 Å². The molecule has 0 unspecified atom stereocenters. The van der Waals surface area contributed by atoms with E-state index in [1.807, 2.05) is 97.1 Å². The number of para-hydroxylation sites is 4. The minimum atomic E-state index is -3.81. The summed E-state index contributed by atoms with van der Waals surface area (Å²) in [6.07, 6.45) is 6.49. The molecular weight excluding hydrogens is 667 g/mol. The van der Waals surface area contributed by atoms with Crippen LogP contribution in [0.2, 0.25) is 0 Å². The second-order valence-electron chi connectivity index (χ2n) is 10.7. The number of nitrogens with zero attached hydrogens (tertiary/aromatic N) is 4. The monoisotopic (exact) mass is 692 g/mol. The normalized spacial score (nSPS) is 16.9. The summed E-state index contributed by atoms with van der Waals surface area (Å²) in [5, 5.41) is 0. The van der Waals surface area contributed by atoms with Gasteiger partial charge in [0.1, 0.15) is 23.0 Å². The summed E-state index contributed by atoms with van der Waals surface area (Å²) < 4.78 is 51.6. The smallest absolute Gasteiger partial charge is 0.416 e. The Hall–Kier alpha value is -5.17. The van der Waals surface area contributed by atoms with E-state index in [4.69, 9.17) is 36.2 Å². The molecular formula is C34H25N5O6P3+. The Morgan fingerprint density at radius 2 is 0.875 bits per heavy atom. The van der Waals surface area contributed by atoms with Crippen LogP contribution in [0.15, 0.2) is 155 Å². The lowest BCUT2D eigenvalue weighted by atomic mass is 10.0. The van der Waals surface area contributed by atoms with E-state index in [9.17, 15) is 0 Å². The standard InChI is InChI=1S/C34H25N5O6P3/c1-5-13-31-27(9-1)28-10-2-6-14-32(28)43-47(42-31)37-46(40-25-17-21-35-22-18-25,41-26-19-23-36-24-20-26)38-48(39-47)44-33-15-7-3-11-29(33)30-12-4-8-16-34(30)45-48/h1-24,37H/q+1. The van der Waals surface area contributed by atoms with Gasteiger partial charge in [-0.2, -0.15) is 0 Å². The fraction of sp³-hybridized carbons (Fsp3) is 0. The lowest BCUT2D eigenvalue weighted by molar-refractivity contribution is 0.430. The van der Waals surface area contributed by atoms with Crippen molar-refractivity contribution in [2.24, 2.45) is 9.03 Å². The van der Waals surface area contributed by atoms with E-state index in [2.05, 4.69) is 14.8 Å². The van der Waals surface area contributed by atoms with E-state index in [1.165, 1.54) is 0 Å². The summed E-state index contributed by atoms with van der Waals surface area (Å²) in [6.45, 7) is 0. The number of pyridine rings is 2. The number of fused-ring (bicyclic) bond motifs is 6. The molecule has 0 aliphatic carbocycles. The molecule has 11 nitrogen and oxygen atoms in total. The molecule has 0 fully saturated rings. The lowest BCUT2D eigenvalue weighted by Gasteiger charge is -2.33. The van der Waals surface area contributed by atoms with Crippen LogP contribution in [0.5, 0.6) is 34.5 Å². The molecule has 5 heterocycles. The van der Waals surface area contributed by atoms with Gasteiger partial charge in [-0.15, -0.1) is 4.86 Å². The third kappa shape index (κ3) is 5.27. The number of hydrogen-bond acceptors (Lipinski definition) is 11. The summed E-state index contributed by atoms with van der Waals surface area (Å²) >= 11 is 0. The highest BCUT2D eigenvalue weighted by Crippen LogP contribution is 2.81. The molecule has 48 heavy (non-hydrogen) atoms. The maximum atomic E-state index is 6.90. The van der Waals surface area contributed by atoms with E-state index in [0.29, 0.717) is 34.5 Å². The van der Waals surface area contributed by atoms with Crippen molar-refractivity contribution in [3.8, 4) is 56.8 Å². The van der Waals surface area contributed by atoms with Crippen molar-refractivity contribution < 1.29 is 27.1 Å². The third-order valence-electron chi connectivity index (χ3n) is 7.48. The van der Waals surface area contributed by atoms with Gasteiger partial charge in [0, 0.05) is 47.0 Å². The molecule has 2 spiro atoms. The fourth-order valence-electron chi connectivity index (χ4n) is 5.48. The molecule has 9 rings (SSSR count). The van der Waals surface area contributed by atoms with Gasteiger partial charge in [0.05, 0.1) is 9.03 Å². The summed E-state index contributed by atoms with van der Waals surface area (Å²) in [5.41, 5.74) is 3.33. The molecule has 1 N–H and O–H groups in total. The highest BCUT2D eigenvalue weighted by molar-refractivity contribution is 7.84. The molecule has 3 aliphatic rings. The highest BCUT2D eigenvalue weighted by Gasteiger charge is 2.64. The maximum absolute atomic E-state index is 6.90. The van der Waals surface area contributed by atoms with E-state index < -0.39 is 23.3 Å². The highest BCUT2D eigenvalue weighted by atomic mass is 31.3. The second kappa shape index (κ2) is 11.5. The number of hydrogen-bond donors (Lipinski definition) is 1. The summed E-state index contributed by atoms with van der Waals surface area (Å²) in [5.74, 6) is 3.04. The van der Waals surface area contributed by atoms with Crippen LogP contribution in [0, 0.1) is 0 Å². The van der Waals surface area contributed by atoms with Crippen molar-refractivity contribution in [2.75, 3.05) is 0 Å². The van der Waals surface area contributed by atoms with Crippen molar-refractivity contribution in [3.05, 3.63) is 146 Å². The zero-order valence-corrected chi connectivity index (χ0v) is 27.6. The minimum absolute atomic E-state index is 0.438. The van der Waals surface area contributed by atoms with Crippen LogP contribution in [0.1, 0.15) is 0 Å². The van der Waals surface area contributed by atoms with Crippen molar-refractivity contribution >= 4 is 23.3 Å². The fourth-order valence-corrected chi connectivity index (χ4v) is 15.1. The Morgan fingerprint density at radius 1 is 0.479 bits per heavy atom. The molecule has 14 heteroatoms. The van der Waals surface area contributed by atoms with Crippen LogP contribution in [0.25, 0.3) is 22.3 Å². The van der Waals surface area contributed by atoms with Crippen LogP contribution in [0.4, 0.5) is 0 Å². The Balaban J connectivity index is 1.34. The average Bonchev–Trinajstić information content (AvgIpc) is 3.31. The number of rotatable bonds is 4. The molecule has 0 saturated heterocycles. The summed E-state index contributed by atoms with van der Waals surface area (Å²) in [6, 6.07) is 37.7. The van der Waals surface area contributed by atoms with Gasteiger partial charge in [0.25, 0.3) is 0 Å². The van der Waals surface area contributed by atoms with Crippen LogP contribution in [0.3, 0.4) is 0 Å². The van der Waals surface area contributed by atoms with Gasteiger partial charge in [0.2, 0.25) is 0 Å². The van der Waals surface area contributed by atoms with Gasteiger partial charge < -0.3 is 18.1 Å². The van der Waals surface area contributed by atoms with Crippen LogP contribution in [-0.2, 0) is 0 Å². The molecule has 2 aromatic heterocycles. The predicted octanol–water partition coefficient (Wildman–Crippen LogP) is 10.4. The van der Waals surface area contributed by atoms with Crippen LogP contribution >= 0.6 is 23.3 Å². The first kappa shape index (κ1) is 29.0. The first-order valence-electron chi connectivity index (χ1n) is 14.9. The van der Waals surface area contributed by atoms with Gasteiger partial charge >= 0.3 is 23.3 Å². The minimum Gasteiger partial charge on any atom is -0.416 e. The lowest BCUT2D eigenvalue weighted by Crippen LogP contribution is -2.26. The molecule has 0 radical (unpaired) electrons. The largest absolute Gasteiger partial charge is 0.634 e. The van der Waals surface area contributed by atoms with Gasteiger partial charge in [-0.3, -0.25) is 19.0 Å². The number of aromatic nitrogens is 2. The molecule has 0 saturated carbocycles. The van der Waals surface area contributed by atoms with Crippen molar-refractivity contribution in [2.45, 2.75) is 0 Å². The SMILES string of the molecule is c1ccc2c(c1)OP1(=N[P+]3(N=P(Oc4ccncc4)(Oc4ccncc4)N1)Oc1ccccc1-c1ccccc1O3)Oc1ccccc1-2. The molecule has 4 aromatic carbocycles. The molecule has 0 atom stereocenters. The zero-order valence-electron chi connectivity index (χ0n) is 24.9. The van der Waals surface area contributed by atoms with E-state index in [-0.39, 0.29) is 0 Å². The Bertz CT molecular complexity index is 2130. The maximum Gasteiger partial charge on any atom is 0.634 e. The Morgan fingerprint density at radius 3 is 1.33 bits per heavy atom. The first-order valence-corrected chi connectivity index (χ1v) is 19.6. The second-order valence-corrected chi connectivity index (χ2v) is 17.1. The molecule has 236 valence electrons. The van der Waals surface area contributed by atoms with Gasteiger partial charge in [-0.05, 0) is 48.5 Å². The van der Waals surface area contributed by atoms with E-state index >= 15 is 0 Å². The van der Waals surface area contributed by atoms with Gasteiger partial charge in [-0.1, -0.05) is 72.8 Å². The Labute approximate surface area is 276 Å². The van der Waals surface area contributed by atoms with Crippen molar-refractivity contribution in [3.63, 3.8) is 0 Å². The van der Waals surface area contributed by atoms with Gasteiger partial charge in [-0.25, -0.2) is 0 Å².